The number of hydrogen-bond acceptors (Lipinski definition) is 5. The second kappa shape index (κ2) is 7.04. The zero-order chi connectivity index (χ0) is 17.2. The molecule has 0 spiro atoms. The minimum Gasteiger partial charge on any atom is -0.345 e. The van der Waals surface area contributed by atoms with Crippen molar-refractivity contribution in [3.05, 3.63) is 47.4 Å². The topological polar surface area (TPSA) is 78.5 Å². The minimum absolute atomic E-state index is 0.0135. The van der Waals surface area contributed by atoms with Gasteiger partial charge >= 0.3 is 0 Å². The van der Waals surface area contributed by atoms with Crippen molar-refractivity contribution in [3.8, 4) is 0 Å². The van der Waals surface area contributed by atoms with Crippen molar-refractivity contribution in [1.82, 2.24) is 15.8 Å². The van der Waals surface area contributed by atoms with Crippen molar-refractivity contribution in [2.75, 3.05) is 25.9 Å². The van der Waals surface area contributed by atoms with Crippen LogP contribution in [-0.2, 0) is 14.6 Å². The van der Waals surface area contributed by atoms with Gasteiger partial charge in [0.25, 0.3) is 0 Å². The molecular weight excluding hydrogens is 326 g/mol. The highest BCUT2D eigenvalue weighted by molar-refractivity contribution is 7.94. The molecule has 2 N–H and O–H groups in total. The summed E-state index contributed by atoms with van der Waals surface area (Å²) in [6, 6.07) is 10.3. The Balaban J connectivity index is 1.57. The van der Waals surface area contributed by atoms with Crippen LogP contribution >= 0.6 is 0 Å². The normalized spacial score (nSPS) is 28.1. The molecule has 0 aromatic heterocycles. The second-order valence-electron chi connectivity index (χ2n) is 6.57. The molecule has 1 amide bonds. The highest BCUT2D eigenvalue weighted by Gasteiger charge is 2.31. The summed E-state index contributed by atoms with van der Waals surface area (Å²) in [5.41, 5.74) is 7.64. The molecule has 3 unspecified atom stereocenters. The molecule has 0 saturated carbocycles. The molecule has 3 rings (SSSR count). The van der Waals surface area contributed by atoms with Gasteiger partial charge < -0.3 is 4.90 Å². The molecular formula is C17H23N3O3S. The van der Waals surface area contributed by atoms with E-state index in [2.05, 4.69) is 23.0 Å². The first-order chi connectivity index (χ1) is 11.4. The summed E-state index contributed by atoms with van der Waals surface area (Å²) in [5, 5.41) is 1.22. The van der Waals surface area contributed by atoms with Crippen molar-refractivity contribution < 1.29 is 13.2 Å². The summed E-state index contributed by atoms with van der Waals surface area (Å²) in [6.07, 6.45) is 1.88. The second-order valence-corrected chi connectivity index (χ2v) is 8.50. The predicted molar refractivity (Wildman–Crippen MR) is 92.5 cm³/mol. The Bertz CT molecular complexity index is 718. The minimum atomic E-state index is -3.11. The van der Waals surface area contributed by atoms with Gasteiger partial charge in [-0.15, -0.1) is 0 Å². The molecule has 130 valence electrons. The SMILES string of the molecule is CN(CC1CNNC1c1ccccc1)C(=O)CC1C=CS(=O)(=O)C1. The van der Waals surface area contributed by atoms with E-state index in [1.807, 2.05) is 18.2 Å². The average molecular weight is 349 g/mol. The van der Waals surface area contributed by atoms with Crippen molar-refractivity contribution in [1.29, 1.82) is 0 Å². The van der Waals surface area contributed by atoms with E-state index in [0.717, 1.165) is 6.54 Å². The highest BCUT2D eigenvalue weighted by atomic mass is 32.2. The maximum Gasteiger partial charge on any atom is 0.222 e. The number of nitrogens with one attached hydrogen (secondary N) is 2. The summed E-state index contributed by atoms with van der Waals surface area (Å²) in [4.78, 5) is 14.1. The molecule has 0 aliphatic carbocycles. The van der Waals surface area contributed by atoms with Gasteiger partial charge in [-0.2, -0.15) is 0 Å². The molecule has 1 fully saturated rings. The highest BCUT2D eigenvalue weighted by Crippen LogP contribution is 2.26. The summed E-state index contributed by atoms with van der Waals surface area (Å²) >= 11 is 0. The molecule has 6 nitrogen and oxygen atoms in total. The van der Waals surface area contributed by atoms with Crippen LogP contribution in [0, 0.1) is 11.8 Å². The summed E-state index contributed by atoms with van der Waals surface area (Å²) in [7, 11) is -1.32. The molecule has 2 aliphatic heterocycles. The van der Waals surface area contributed by atoms with E-state index in [1.54, 1.807) is 18.0 Å². The lowest BCUT2D eigenvalue weighted by Crippen LogP contribution is -2.35. The van der Waals surface area contributed by atoms with Crippen LogP contribution in [0.4, 0.5) is 0 Å². The fraction of sp³-hybridized carbons (Fsp3) is 0.471. The van der Waals surface area contributed by atoms with E-state index in [-0.39, 0.29) is 36.0 Å². The average Bonchev–Trinajstić information content (AvgIpc) is 3.14. The van der Waals surface area contributed by atoms with Crippen molar-refractivity contribution >= 4 is 15.7 Å². The van der Waals surface area contributed by atoms with Gasteiger partial charge in [0.2, 0.25) is 5.91 Å². The number of benzene rings is 1. The van der Waals surface area contributed by atoms with Crippen molar-refractivity contribution in [2.45, 2.75) is 12.5 Å². The van der Waals surface area contributed by atoms with Crippen LogP contribution in [0.25, 0.3) is 0 Å². The molecule has 1 aromatic carbocycles. The van der Waals surface area contributed by atoms with Crippen LogP contribution in [0.3, 0.4) is 0 Å². The molecule has 24 heavy (non-hydrogen) atoms. The van der Waals surface area contributed by atoms with Crippen LogP contribution in [0.1, 0.15) is 18.0 Å². The van der Waals surface area contributed by atoms with Crippen LogP contribution in [-0.4, -0.2) is 45.1 Å². The summed E-state index contributed by atoms with van der Waals surface area (Å²) in [6.45, 7) is 1.41. The zero-order valence-corrected chi connectivity index (χ0v) is 14.5. The van der Waals surface area contributed by atoms with Crippen LogP contribution in [0.2, 0.25) is 0 Å². The third-order valence-electron chi connectivity index (χ3n) is 4.63. The molecule has 2 heterocycles. The van der Waals surface area contributed by atoms with Crippen LogP contribution in [0.15, 0.2) is 41.8 Å². The monoisotopic (exact) mass is 349 g/mol. The van der Waals surface area contributed by atoms with E-state index < -0.39 is 9.84 Å². The summed E-state index contributed by atoms with van der Waals surface area (Å²) in [5.74, 6) is 0.102. The Morgan fingerprint density at radius 2 is 2.04 bits per heavy atom. The van der Waals surface area contributed by atoms with Gasteiger partial charge in [-0.3, -0.25) is 10.2 Å². The molecule has 7 heteroatoms. The Morgan fingerprint density at radius 3 is 2.71 bits per heavy atom. The Kier molecular flexibility index (Phi) is 5.03. The molecule has 2 aliphatic rings. The lowest BCUT2D eigenvalue weighted by molar-refractivity contribution is -0.131. The van der Waals surface area contributed by atoms with Gasteiger partial charge in [-0.05, 0) is 5.56 Å². The number of allylic oxidation sites excluding steroid dienone is 1. The fourth-order valence-electron chi connectivity index (χ4n) is 3.32. The number of carbonyl (C=O) groups is 1. The number of hydrazine groups is 1. The first-order valence-electron chi connectivity index (χ1n) is 8.13. The molecule has 1 saturated heterocycles. The van der Waals surface area contributed by atoms with Gasteiger partial charge in [0.05, 0.1) is 11.8 Å². The van der Waals surface area contributed by atoms with Crippen molar-refractivity contribution in [2.24, 2.45) is 11.8 Å². The van der Waals surface area contributed by atoms with Gasteiger partial charge in [0.1, 0.15) is 0 Å². The number of rotatable bonds is 5. The Labute approximate surface area is 142 Å². The van der Waals surface area contributed by atoms with Gasteiger partial charge in [0.15, 0.2) is 9.84 Å². The molecule has 1 aromatic rings. The lowest BCUT2D eigenvalue weighted by atomic mass is 9.94. The first-order valence-corrected chi connectivity index (χ1v) is 9.84. The largest absolute Gasteiger partial charge is 0.345 e. The van der Waals surface area contributed by atoms with Gasteiger partial charge in [-0.25, -0.2) is 13.8 Å². The quantitative estimate of drug-likeness (QED) is 0.824. The number of hydrogen-bond donors (Lipinski definition) is 2. The Hall–Kier alpha value is -1.70. The van der Waals surface area contributed by atoms with Crippen molar-refractivity contribution in [3.63, 3.8) is 0 Å². The lowest BCUT2D eigenvalue weighted by Gasteiger charge is -2.25. The maximum absolute atomic E-state index is 12.4. The van der Waals surface area contributed by atoms with E-state index in [4.69, 9.17) is 0 Å². The van der Waals surface area contributed by atoms with Gasteiger partial charge in [0, 0.05) is 43.8 Å². The third kappa shape index (κ3) is 4.03. The summed E-state index contributed by atoms with van der Waals surface area (Å²) < 4.78 is 22.9. The number of carbonyl (C=O) groups excluding carboxylic acids is 1. The molecule has 0 bridgehead atoms. The third-order valence-corrected chi connectivity index (χ3v) is 6.09. The number of amides is 1. The van der Waals surface area contributed by atoms with E-state index in [9.17, 15) is 13.2 Å². The fourth-order valence-corrected chi connectivity index (χ4v) is 4.72. The predicted octanol–water partition coefficient (Wildman–Crippen LogP) is 0.858. The first kappa shape index (κ1) is 17.1. The van der Waals surface area contributed by atoms with E-state index in [0.29, 0.717) is 6.54 Å². The van der Waals surface area contributed by atoms with E-state index in [1.165, 1.54) is 11.0 Å². The number of nitrogens with zero attached hydrogens (tertiary/aromatic N) is 1. The van der Waals surface area contributed by atoms with Crippen LogP contribution in [0.5, 0.6) is 0 Å². The smallest absolute Gasteiger partial charge is 0.222 e. The standard InChI is InChI=1S/C17H23N3O3S/c1-20(16(21)9-13-7-8-24(22,23)12-13)11-15-10-18-19-17(15)14-5-3-2-4-6-14/h2-8,13,15,17-19H,9-12H2,1H3. The van der Waals surface area contributed by atoms with Gasteiger partial charge in [-0.1, -0.05) is 36.4 Å². The number of sulfone groups is 1. The van der Waals surface area contributed by atoms with Crippen LogP contribution < -0.4 is 10.9 Å². The molecule has 0 radical (unpaired) electrons. The maximum atomic E-state index is 12.4. The van der Waals surface area contributed by atoms with E-state index >= 15 is 0 Å². The Morgan fingerprint density at radius 1 is 1.29 bits per heavy atom. The molecule has 3 atom stereocenters. The zero-order valence-electron chi connectivity index (χ0n) is 13.7.